The molecule has 6 nitrogen and oxygen atoms in total. The lowest BCUT2D eigenvalue weighted by atomic mass is 10.0. The maximum atomic E-state index is 11.0. The van der Waals surface area contributed by atoms with Crippen molar-refractivity contribution in [1.29, 1.82) is 0 Å². The Balaban J connectivity index is 2.24. The molecule has 0 radical (unpaired) electrons. The highest BCUT2D eigenvalue weighted by Gasteiger charge is 2.34. The molecule has 74 valence electrons. The van der Waals surface area contributed by atoms with E-state index in [1.165, 1.54) is 12.5 Å². The van der Waals surface area contributed by atoms with Gasteiger partial charge in [0.1, 0.15) is 12.4 Å². The minimum absolute atomic E-state index is 0.271. The largest absolute Gasteiger partial charge is 0.394 e. The standard InChI is InChI=1S/C8H11N5O/c9-5-3-11-4-12-8(5)13-2-1-6(13)7(10)14/h3-4,6H,1-2,9H2,(H2,10,14). The summed E-state index contributed by atoms with van der Waals surface area (Å²) < 4.78 is 0. The van der Waals surface area contributed by atoms with E-state index in [1.807, 2.05) is 0 Å². The summed E-state index contributed by atoms with van der Waals surface area (Å²) >= 11 is 0. The van der Waals surface area contributed by atoms with E-state index in [-0.39, 0.29) is 11.9 Å². The number of carbonyl (C=O) groups is 1. The first-order valence-electron chi connectivity index (χ1n) is 4.31. The molecule has 1 amide bonds. The van der Waals surface area contributed by atoms with Gasteiger partial charge in [0.05, 0.1) is 11.9 Å². The summed E-state index contributed by atoms with van der Waals surface area (Å²) in [4.78, 5) is 20.6. The van der Waals surface area contributed by atoms with Crippen molar-refractivity contribution in [2.75, 3.05) is 17.2 Å². The first kappa shape index (κ1) is 8.74. The molecule has 0 bridgehead atoms. The lowest BCUT2D eigenvalue weighted by molar-refractivity contribution is -0.120. The molecule has 1 aliphatic heterocycles. The van der Waals surface area contributed by atoms with E-state index in [0.29, 0.717) is 11.5 Å². The summed E-state index contributed by atoms with van der Waals surface area (Å²) in [5.74, 6) is 0.254. The third kappa shape index (κ3) is 1.24. The minimum atomic E-state index is -0.339. The van der Waals surface area contributed by atoms with Crippen molar-refractivity contribution in [2.45, 2.75) is 12.5 Å². The fraction of sp³-hybridized carbons (Fsp3) is 0.375. The number of primary amides is 1. The third-order valence-electron chi connectivity index (χ3n) is 2.34. The molecule has 0 saturated carbocycles. The van der Waals surface area contributed by atoms with Gasteiger partial charge in [-0.05, 0) is 6.42 Å². The zero-order chi connectivity index (χ0) is 10.1. The van der Waals surface area contributed by atoms with E-state index >= 15 is 0 Å². The Morgan fingerprint density at radius 2 is 2.43 bits per heavy atom. The number of anilines is 2. The summed E-state index contributed by atoms with van der Waals surface area (Å²) in [6, 6.07) is -0.271. The maximum absolute atomic E-state index is 11.0. The monoisotopic (exact) mass is 193 g/mol. The van der Waals surface area contributed by atoms with Crippen molar-refractivity contribution in [2.24, 2.45) is 5.73 Å². The van der Waals surface area contributed by atoms with Crippen LogP contribution in [-0.4, -0.2) is 28.5 Å². The molecule has 4 N–H and O–H groups in total. The fourth-order valence-corrected chi connectivity index (χ4v) is 1.51. The SMILES string of the molecule is NC(=O)C1CCN1c1ncncc1N. The molecular weight excluding hydrogens is 182 g/mol. The lowest BCUT2D eigenvalue weighted by Gasteiger charge is -2.39. The van der Waals surface area contributed by atoms with Crippen molar-refractivity contribution in [1.82, 2.24) is 9.97 Å². The van der Waals surface area contributed by atoms with Crippen LogP contribution in [0, 0.1) is 0 Å². The molecule has 6 heteroatoms. The van der Waals surface area contributed by atoms with E-state index in [9.17, 15) is 4.79 Å². The maximum Gasteiger partial charge on any atom is 0.240 e. The normalized spacial score (nSPS) is 20.3. The highest BCUT2D eigenvalue weighted by molar-refractivity contribution is 5.86. The van der Waals surface area contributed by atoms with Gasteiger partial charge >= 0.3 is 0 Å². The van der Waals surface area contributed by atoms with Crippen LogP contribution in [0.25, 0.3) is 0 Å². The summed E-state index contributed by atoms with van der Waals surface area (Å²) in [7, 11) is 0. The molecule has 1 aromatic rings. The average Bonchev–Trinajstić information content (AvgIpc) is 2.05. The molecule has 0 aliphatic carbocycles. The summed E-state index contributed by atoms with van der Waals surface area (Å²) in [5.41, 5.74) is 11.4. The molecule has 1 unspecified atom stereocenters. The lowest BCUT2D eigenvalue weighted by Crippen LogP contribution is -2.55. The Morgan fingerprint density at radius 1 is 1.64 bits per heavy atom. The van der Waals surface area contributed by atoms with Crippen LogP contribution in [0.2, 0.25) is 0 Å². The number of carbonyl (C=O) groups excluding carboxylic acids is 1. The van der Waals surface area contributed by atoms with Crippen LogP contribution >= 0.6 is 0 Å². The molecule has 2 heterocycles. The molecule has 1 fully saturated rings. The van der Waals surface area contributed by atoms with Crippen molar-refractivity contribution in [3.8, 4) is 0 Å². The van der Waals surface area contributed by atoms with Crippen molar-refractivity contribution < 1.29 is 4.79 Å². The highest BCUT2D eigenvalue weighted by Crippen LogP contribution is 2.27. The topological polar surface area (TPSA) is 98.1 Å². The molecule has 2 rings (SSSR count). The molecule has 1 saturated heterocycles. The van der Waals surface area contributed by atoms with Gasteiger partial charge in [-0.2, -0.15) is 0 Å². The van der Waals surface area contributed by atoms with E-state index in [0.717, 1.165) is 13.0 Å². The van der Waals surface area contributed by atoms with E-state index < -0.39 is 0 Å². The number of nitrogens with two attached hydrogens (primary N) is 2. The average molecular weight is 193 g/mol. The van der Waals surface area contributed by atoms with Gasteiger partial charge in [0, 0.05) is 6.54 Å². The van der Waals surface area contributed by atoms with Gasteiger partial charge < -0.3 is 16.4 Å². The first-order chi connectivity index (χ1) is 6.70. The van der Waals surface area contributed by atoms with Crippen LogP contribution in [0.15, 0.2) is 12.5 Å². The van der Waals surface area contributed by atoms with Gasteiger partial charge in [0.2, 0.25) is 5.91 Å². The Bertz CT molecular complexity index is 367. The summed E-state index contributed by atoms with van der Waals surface area (Å²) in [6.45, 7) is 0.759. The molecule has 1 aliphatic rings. The quantitative estimate of drug-likeness (QED) is 0.635. The van der Waals surface area contributed by atoms with Crippen LogP contribution in [0.3, 0.4) is 0 Å². The van der Waals surface area contributed by atoms with Gasteiger partial charge in [0.15, 0.2) is 5.82 Å². The fourth-order valence-electron chi connectivity index (χ4n) is 1.51. The molecule has 0 aromatic carbocycles. The molecule has 1 aromatic heterocycles. The van der Waals surface area contributed by atoms with Gasteiger partial charge in [0.25, 0.3) is 0 Å². The minimum Gasteiger partial charge on any atom is -0.394 e. The van der Waals surface area contributed by atoms with Gasteiger partial charge in [-0.25, -0.2) is 9.97 Å². The van der Waals surface area contributed by atoms with Crippen molar-refractivity contribution >= 4 is 17.4 Å². The zero-order valence-electron chi connectivity index (χ0n) is 7.55. The first-order valence-corrected chi connectivity index (χ1v) is 4.31. The number of amides is 1. The van der Waals surface area contributed by atoms with Crippen LogP contribution in [-0.2, 0) is 4.79 Å². The van der Waals surface area contributed by atoms with E-state index in [4.69, 9.17) is 11.5 Å². The number of hydrogen-bond donors (Lipinski definition) is 2. The van der Waals surface area contributed by atoms with Gasteiger partial charge in [-0.1, -0.05) is 0 Å². The second-order valence-electron chi connectivity index (χ2n) is 3.20. The Hall–Kier alpha value is -1.85. The Kier molecular flexibility index (Phi) is 1.95. The van der Waals surface area contributed by atoms with Gasteiger partial charge in [-0.3, -0.25) is 4.79 Å². The number of aromatic nitrogens is 2. The predicted molar refractivity (Wildman–Crippen MR) is 51.4 cm³/mol. The van der Waals surface area contributed by atoms with E-state index in [2.05, 4.69) is 9.97 Å². The summed E-state index contributed by atoms with van der Waals surface area (Å²) in [6.07, 6.45) is 3.68. The predicted octanol–water partition coefficient (Wildman–Crippen LogP) is -0.877. The smallest absolute Gasteiger partial charge is 0.240 e. The molecule has 0 spiro atoms. The number of nitrogen functional groups attached to an aromatic ring is 1. The third-order valence-corrected chi connectivity index (χ3v) is 2.34. The van der Waals surface area contributed by atoms with Crippen LogP contribution < -0.4 is 16.4 Å². The van der Waals surface area contributed by atoms with Crippen LogP contribution in [0.5, 0.6) is 0 Å². The molecular formula is C8H11N5O. The number of nitrogens with zero attached hydrogens (tertiary/aromatic N) is 3. The molecule has 1 atom stereocenters. The highest BCUT2D eigenvalue weighted by atomic mass is 16.1. The second kappa shape index (κ2) is 3.13. The van der Waals surface area contributed by atoms with E-state index in [1.54, 1.807) is 4.90 Å². The van der Waals surface area contributed by atoms with Crippen molar-refractivity contribution in [3.63, 3.8) is 0 Å². The van der Waals surface area contributed by atoms with Crippen LogP contribution in [0.4, 0.5) is 11.5 Å². The second-order valence-corrected chi connectivity index (χ2v) is 3.20. The van der Waals surface area contributed by atoms with Crippen LogP contribution in [0.1, 0.15) is 6.42 Å². The number of rotatable bonds is 2. The number of hydrogen-bond acceptors (Lipinski definition) is 5. The van der Waals surface area contributed by atoms with Crippen molar-refractivity contribution in [3.05, 3.63) is 12.5 Å². The molecule has 14 heavy (non-hydrogen) atoms. The Labute approximate surface area is 80.9 Å². The zero-order valence-corrected chi connectivity index (χ0v) is 7.55. The summed E-state index contributed by atoms with van der Waals surface area (Å²) in [5, 5.41) is 0. The Morgan fingerprint density at radius 3 is 2.93 bits per heavy atom. The van der Waals surface area contributed by atoms with Gasteiger partial charge in [-0.15, -0.1) is 0 Å².